The molecule has 0 aliphatic rings. The zero-order chi connectivity index (χ0) is 14.7. The fourth-order valence-corrected chi connectivity index (χ4v) is 2.93. The molecule has 2 nitrogen and oxygen atoms in total. The van der Waals surface area contributed by atoms with Crippen molar-refractivity contribution in [3.63, 3.8) is 0 Å². The molecule has 0 saturated heterocycles. The molecule has 5 heteroatoms. The van der Waals surface area contributed by atoms with E-state index in [4.69, 9.17) is 27.9 Å². The van der Waals surface area contributed by atoms with Crippen LogP contribution in [0, 0.1) is 0 Å². The molecule has 2 aromatic carbocycles. The maximum Gasteiger partial charge on any atom is 0.138 e. The van der Waals surface area contributed by atoms with Crippen molar-refractivity contribution in [3.05, 3.63) is 62.0 Å². The van der Waals surface area contributed by atoms with Gasteiger partial charge < -0.3 is 9.84 Å². The van der Waals surface area contributed by atoms with Crippen LogP contribution in [-0.4, -0.2) is 12.2 Å². The lowest BCUT2D eigenvalue weighted by Gasteiger charge is -2.15. The molecule has 1 atom stereocenters. The second kappa shape index (κ2) is 6.81. The molecule has 0 saturated carbocycles. The van der Waals surface area contributed by atoms with Crippen molar-refractivity contribution in [1.29, 1.82) is 0 Å². The lowest BCUT2D eigenvalue weighted by molar-refractivity contribution is 0.178. The largest absolute Gasteiger partial charge is 0.495 e. The minimum absolute atomic E-state index is 0.431. The summed E-state index contributed by atoms with van der Waals surface area (Å²) in [4.78, 5) is 0. The Hall–Kier alpha value is -0.740. The van der Waals surface area contributed by atoms with Gasteiger partial charge in [0.2, 0.25) is 0 Å². The SMILES string of the molecule is COc1cc(Cl)c(C(O)Cc2cccc(Br)c2)cc1Cl. The van der Waals surface area contributed by atoms with Gasteiger partial charge >= 0.3 is 0 Å². The number of aliphatic hydroxyl groups is 1. The van der Waals surface area contributed by atoms with Crippen LogP contribution in [0.1, 0.15) is 17.2 Å². The summed E-state index contributed by atoms with van der Waals surface area (Å²) >= 11 is 15.6. The van der Waals surface area contributed by atoms with E-state index in [0.717, 1.165) is 10.0 Å². The van der Waals surface area contributed by atoms with Crippen molar-refractivity contribution in [2.75, 3.05) is 7.11 Å². The Balaban J connectivity index is 2.25. The second-order valence-corrected chi connectivity index (χ2v) is 6.09. The molecular weight excluding hydrogens is 363 g/mol. The maximum absolute atomic E-state index is 10.3. The van der Waals surface area contributed by atoms with E-state index in [1.165, 1.54) is 7.11 Å². The summed E-state index contributed by atoms with van der Waals surface area (Å²) in [6.07, 6.45) is -0.262. The number of halogens is 3. The van der Waals surface area contributed by atoms with Crippen LogP contribution in [0.4, 0.5) is 0 Å². The van der Waals surface area contributed by atoms with Gasteiger partial charge in [-0.2, -0.15) is 0 Å². The highest BCUT2D eigenvalue weighted by Gasteiger charge is 2.16. The van der Waals surface area contributed by atoms with Crippen LogP contribution in [0.15, 0.2) is 40.9 Å². The molecule has 0 radical (unpaired) electrons. The molecule has 0 amide bonds. The third-order valence-corrected chi connectivity index (χ3v) is 4.06. The fraction of sp³-hybridized carbons (Fsp3) is 0.200. The fourth-order valence-electron chi connectivity index (χ4n) is 1.95. The highest BCUT2D eigenvalue weighted by atomic mass is 79.9. The van der Waals surface area contributed by atoms with E-state index >= 15 is 0 Å². The average Bonchev–Trinajstić information content (AvgIpc) is 2.40. The Morgan fingerprint density at radius 2 is 1.95 bits per heavy atom. The van der Waals surface area contributed by atoms with Gasteiger partial charge in [-0.05, 0) is 23.8 Å². The topological polar surface area (TPSA) is 29.5 Å². The highest BCUT2D eigenvalue weighted by Crippen LogP contribution is 2.35. The van der Waals surface area contributed by atoms with Gasteiger partial charge in [-0.15, -0.1) is 0 Å². The van der Waals surface area contributed by atoms with Crippen molar-refractivity contribution in [1.82, 2.24) is 0 Å². The Bertz CT molecular complexity index is 617. The van der Waals surface area contributed by atoms with Gasteiger partial charge in [-0.3, -0.25) is 0 Å². The second-order valence-electron chi connectivity index (χ2n) is 4.36. The molecule has 0 bridgehead atoms. The quantitative estimate of drug-likeness (QED) is 0.810. The lowest BCUT2D eigenvalue weighted by atomic mass is 10.0. The molecule has 106 valence electrons. The first-order valence-electron chi connectivity index (χ1n) is 5.96. The first-order valence-corrected chi connectivity index (χ1v) is 7.51. The molecule has 1 unspecified atom stereocenters. The van der Waals surface area contributed by atoms with Gasteiger partial charge in [0.1, 0.15) is 5.75 Å². The average molecular weight is 376 g/mol. The van der Waals surface area contributed by atoms with Crippen molar-refractivity contribution >= 4 is 39.1 Å². The standard InChI is InChI=1S/C15H13BrCl2O2/c1-20-15-8-12(17)11(7-13(15)18)14(19)6-9-3-2-4-10(16)5-9/h2-5,7-8,14,19H,6H2,1H3. The van der Waals surface area contributed by atoms with E-state index in [2.05, 4.69) is 15.9 Å². The van der Waals surface area contributed by atoms with Crippen molar-refractivity contribution < 1.29 is 9.84 Å². The van der Waals surface area contributed by atoms with E-state index in [1.54, 1.807) is 12.1 Å². The normalized spacial score (nSPS) is 12.2. The first kappa shape index (κ1) is 15.6. The summed E-state index contributed by atoms with van der Waals surface area (Å²) in [5, 5.41) is 11.2. The minimum atomic E-state index is -0.722. The molecule has 0 aromatic heterocycles. The monoisotopic (exact) mass is 374 g/mol. The molecule has 0 aliphatic carbocycles. The van der Waals surface area contributed by atoms with E-state index < -0.39 is 6.10 Å². The molecule has 2 aromatic rings. The molecular formula is C15H13BrCl2O2. The van der Waals surface area contributed by atoms with Gasteiger partial charge in [0.05, 0.1) is 23.3 Å². The third-order valence-electron chi connectivity index (χ3n) is 2.95. The number of aliphatic hydroxyl groups excluding tert-OH is 1. The number of ether oxygens (including phenoxy) is 1. The molecule has 0 spiro atoms. The molecule has 0 heterocycles. The molecule has 0 fully saturated rings. The van der Waals surface area contributed by atoms with Gasteiger partial charge in [0.15, 0.2) is 0 Å². The van der Waals surface area contributed by atoms with Gasteiger partial charge in [0, 0.05) is 22.5 Å². The summed E-state index contributed by atoms with van der Waals surface area (Å²) in [7, 11) is 1.52. The first-order chi connectivity index (χ1) is 9.51. The summed E-state index contributed by atoms with van der Waals surface area (Å²) in [6.45, 7) is 0. The summed E-state index contributed by atoms with van der Waals surface area (Å²) < 4.78 is 6.06. The van der Waals surface area contributed by atoms with E-state index in [-0.39, 0.29) is 0 Å². The van der Waals surface area contributed by atoms with E-state index in [9.17, 15) is 5.11 Å². The van der Waals surface area contributed by atoms with Crippen molar-refractivity contribution in [2.24, 2.45) is 0 Å². The van der Waals surface area contributed by atoms with Gasteiger partial charge in [-0.25, -0.2) is 0 Å². The van der Waals surface area contributed by atoms with Crippen LogP contribution in [0.25, 0.3) is 0 Å². The van der Waals surface area contributed by atoms with Gasteiger partial charge in [0.25, 0.3) is 0 Å². The Morgan fingerprint density at radius 3 is 2.60 bits per heavy atom. The van der Waals surface area contributed by atoms with Crippen molar-refractivity contribution in [3.8, 4) is 5.75 Å². The molecule has 2 rings (SSSR count). The zero-order valence-corrected chi connectivity index (χ0v) is 13.8. The molecule has 20 heavy (non-hydrogen) atoms. The van der Waals surface area contributed by atoms with Crippen LogP contribution >= 0.6 is 39.1 Å². The van der Waals surface area contributed by atoms with Crippen LogP contribution < -0.4 is 4.74 Å². The number of benzene rings is 2. The number of hydrogen-bond acceptors (Lipinski definition) is 2. The van der Waals surface area contributed by atoms with Crippen LogP contribution in [0.5, 0.6) is 5.75 Å². The maximum atomic E-state index is 10.3. The van der Waals surface area contributed by atoms with E-state index in [0.29, 0.717) is 27.8 Å². The smallest absolute Gasteiger partial charge is 0.138 e. The Labute approximate surface area is 136 Å². The molecule has 0 aliphatic heterocycles. The zero-order valence-electron chi connectivity index (χ0n) is 10.7. The predicted molar refractivity (Wildman–Crippen MR) is 85.8 cm³/mol. The summed E-state index contributed by atoms with van der Waals surface area (Å²) in [5.74, 6) is 0.495. The van der Waals surface area contributed by atoms with E-state index in [1.807, 2.05) is 24.3 Å². The van der Waals surface area contributed by atoms with Crippen LogP contribution in [0.3, 0.4) is 0 Å². The van der Waals surface area contributed by atoms with Crippen LogP contribution in [0.2, 0.25) is 10.0 Å². The third kappa shape index (κ3) is 3.67. The highest BCUT2D eigenvalue weighted by molar-refractivity contribution is 9.10. The number of hydrogen-bond donors (Lipinski definition) is 1. The Kier molecular flexibility index (Phi) is 5.33. The summed E-state index contributed by atoms with van der Waals surface area (Å²) in [6, 6.07) is 11.0. The van der Waals surface area contributed by atoms with Crippen molar-refractivity contribution in [2.45, 2.75) is 12.5 Å². The van der Waals surface area contributed by atoms with Crippen LogP contribution in [-0.2, 0) is 6.42 Å². The Morgan fingerprint density at radius 1 is 1.20 bits per heavy atom. The predicted octanol–water partition coefficient (Wildman–Crippen LogP) is 5.04. The van der Waals surface area contributed by atoms with Gasteiger partial charge in [-0.1, -0.05) is 51.3 Å². The lowest BCUT2D eigenvalue weighted by Crippen LogP contribution is -2.03. The number of rotatable bonds is 4. The number of methoxy groups -OCH3 is 1. The summed E-state index contributed by atoms with van der Waals surface area (Å²) in [5.41, 5.74) is 1.60. The molecule has 1 N–H and O–H groups in total. The minimum Gasteiger partial charge on any atom is -0.495 e.